The molecular formula is C56H89NO15. The third kappa shape index (κ3) is 17.3. The summed E-state index contributed by atoms with van der Waals surface area (Å²) in [5.41, 5.74) is 1.50. The number of esters is 1. The number of ketones is 3. The van der Waals surface area contributed by atoms with E-state index in [0.717, 1.165) is 12.0 Å². The van der Waals surface area contributed by atoms with Crippen LogP contribution in [-0.2, 0) is 61.9 Å². The molecule has 2 saturated heterocycles. The second-order valence-electron chi connectivity index (χ2n) is 21.0. The van der Waals surface area contributed by atoms with Gasteiger partial charge in [0.15, 0.2) is 5.78 Å². The fourth-order valence-electron chi connectivity index (χ4n) is 10.8. The SMILES string of the molecule is COCCOCCO[C@@H]1C[C@@H]2CC[C@@H](C)[C@@](O)(O2)C(=O)C(=O)N2CCCC[C@H]2C(=O)O[C@H]([C@H](C)C[C@@H]2CC[C@@H](O)[C@H](OC)C2)CC(=O)[C@H](C)/C=C(\C)[C@@H](OC)[C@@H](OC)C(=O)[C@H](C)C[C@H](C)/C=C/C=CC=C1C. The molecule has 2 bridgehead atoms. The van der Waals surface area contributed by atoms with Crippen molar-refractivity contribution in [1.29, 1.82) is 0 Å². The summed E-state index contributed by atoms with van der Waals surface area (Å²) in [6, 6.07) is -1.15. The Balaban J connectivity index is 1.73. The lowest BCUT2D eigenvalue weighted by Crippen LogP contribution is -2.61. The molecule has 15 atom stereocenters. The average Bonchev–Trinajstić information content (AvgIpc) is 3.36. The highest BCUT2D eigenvalue weighted by Gasteiger charge is 2.53. The number of aliphatic hydroxyl groups is 2. The van der Waals surface area contributed by atoms with Crippen LogP contribution < -0.4 is 0 Å². The van der Waals surface area contributed by atoms with E-state index in [1.807, 2.05) is 58.1 Å². The highest BCUT2D eigenvalue weighted by molar-refractivity contribution is 6.39. The van der Waals surface area contributed by atoms with E-state index in [9.17, 15) is 34.2 Å². The number of aliphatic hydroxyl groups excluding tert-OH is 1. The highest BCUT2D eigenvalue weighted by atomic mass is 16.6. The summed E-state index contributed by atoms with van der Waals surface area (Å²) in [5.74, 6) is -7.67. The smallest absolute Gasteiger partial charge is 0.329 e. The Hall–Kier alpha value is -3.45. The molecule has 2 N–H and O–H groups in total. The van der Waals surface area contributed by atoms with Gasteiger partial charge in [-0.25, -0.2) is 4.79 Å². The largest absolute Gasteiger partial charge is 0.460 e. The molecule has 0 aromatic carbocycles. The van der Waals surface area contributed by atoms with Gasteiger partial charge in [-0.05, 0) is 107 Å². The number of carbonyl (C=O) groups is 5. The maximum atomic E-state index is 14.5. The van der Waals surface area contributed by atoms with Crippen LogP contribution in [0, 0.1) is 35.5 Å². The fraction of sp³-hybridized carbons (Fsp3) is 0.768. The topological polar surface area (TPSA) is 203 Å². The first-order valence-electron chi connectivity index (χ1n) is 26.5. The molecule has 4 aliphatic rings. The molecule has 1 aliphatic carbocycles. The van der Waals surface area contributed by atoms with E-state index in [0.29, 0.717) is 76.8 Å². The van der Waals surface area contributed by atoms with Crippen molar-refractivity contribution in [2.75, 3.05) is 61.4 Å². The Kier molecular flexibility index (Phi) is 25.6. The third-order valence-corrected chi connectivity index (χ3v) is 15.4. The maximum absolute atomic E-state index is 14.5. The Bertz CT molecular complexity index is 1880. The van der Waals surface area contributed by atoms with Crippen LogP contribution in [0.3, 0.4) is 0 Å². The number of rotatable bonds is 13. The number of cyclic esters (lactones) is 1. The Morgan fingerprint density at radius 2 is 1.53 bits per heavy atom. The van der Waals surface area contributed by atoms with Gasteiger partial charge in [-0.3, -0.25) is 19.2 Å². The molecule has 16 heteroatoms. The number of hydrogen-bond acceptors (Lipinski definition) is 15. The molecule has 0 unspecified atom stereocenters. The number of hydrogen-bond donors (Lipinski definition) is 2. The summed E-state index contributed by atoms with van der Waals surface area (Å²) in [6.07, 6.45) is 12.1. The second-order valence-corrected chi connectivity index (χ2v) is 21.0. The minimum atomic E-state index is -2.47. The first-order valence-corrected chi connectivity index (χ1v) is 26.5. The van der Waals surface area contributed by atoms with Gasteiger partial charge >= 0.3 is 5.97 Å². The van der Waals surface area contributed by atoms with Crippen molar-refractivity contribution in [1.82, 2.24) is 4.90 Å². The molecule has 0 radical (unpaired) electrons. The normalized spacial score (nSPS) is 36.5. The standard InChI is InChI=1S/C56H89NO15/c1-35-17-13-12-14-18-36(2)47(70-28-27-69-26-25-65-8)33-43-22-20-41(7)56(64,72-43)53(61)54(62)57-24-16-15-19-44(57)55(63)71-48(38(4)31-42-21-23-45(58)49(32-42)66-9)34-46(59)37(3)30-40(6)51(67-10)52(68-11)50(60)39(5)29-35/h12-14,17-18,30,35,37-39,41-45,47-49,51-52,58,64H,15-16,19-29,31-34H2,1-11H3/b14-12?,17-13+,36-18?,40-30+/t35-,37-,38-,39-,41-,42+,43+,44+,45-,47-,48+,49-,51-,52+,56-/m1/s1. The van der Waals surface area contributed by atoms with Gasteiger partial charge < -0.3 is 53.0 Å². The molecule has 3 fully saturated rings. The van der Waals surface area contributed by atoms with Crippen molar-refractivity contribution in [3.8, 4) is 0 Å². The zero-order chi connectivity index (χ0) is 53.1. The van der Waals surface area contributed by atoms with Gasteiger partial charge in [-0.2, -0.15) is 0 Å². The minimum Gasteiger partial charge on any atom is -0.460 e. The third-order valence-electron chi connectivity index (χ3n) is 15.4. The number of amides is 1. The van der Waals surface area contributed by atoms with Crippen LogP contribution in [-0.4, -0.2) is 160 Å². The molecule has 0 aromatic rings. The van der Waals surface area contributed by atoms with Crippen LogP contribution in [0.4, 0.5) is 0 Å². The number of allylic oxidation sites excluding steroid dienone is 6. The molecule has 16 nitrogen and oxygen atoms in total. The zero-order valence-electron chi connectivity index (χ0n) is 45.2. The van der Waals surface area contributed by atoms with E-state index in [1.165, 1.54) is 19.1 Å². The number of methoxy groups -OCH3 is 4. The summed E-state index contributed by atoms with van der Waals surface area (Å²) >= 11 is 0. The van der Waals surface area contributed by atoms with Gasteiger partial charge in [0.2, 0.25) is 5.79 Å². The van der Waals surface area contributed by atoms with Gasteiger partial charge in [0.05, 0.1) is 50.8 Å². The maximum Gasteiger partial charge on any atom is 0.329 e. The summed E-state index contributed by atoms with van der Waals surface area (Å²) in [4.78, 5) is 72.9. The second kappa shape index (κ2) is 30.2. The van der Waals surface area contributed by atoms with E-state index < -0.39 is 77.9 Å². The monoisotopic (exact) mass is 1020 g/mol. The van der Waals surface area contributed by atoms with Crippen molar-refractivity contribution in [2.45, 2.75) is 180 Å². The summed E-state index contributed by atoms with van der Waals surface area (Å²) < 4.78 is 47.0. The predicted octanol–water partition coefficient (Wildman–Crippen LogP) is 6.87. The Morgan fingerprint density at radius 3 is 2.22 bits per heavy atom. The first kappa shape index (κ1) is 61.1. The van der Waals surface area contributed by atoms with E-state index >= 15 is 0 Å². The highest BCUT2D eigenvalue weighted by Crippen LogP contribution is 2.38. The van der Waals surface area contributed by atoms with Crippen LogP contribution in [0.15, 0.2) is 47.6 Å². The van der Waals surface area contributed by atoms with Crippen LogP contribution in [0.5, 0.6) is 0 Å². The molecule has 1 saturated carbocycles. The molecule has 1 amide bonds. The van der Waals surface area contributed by atoms with Gasteiger partial charge in [-0.15, -0.1) is 0 Å². The summed E-state index contributed by atoms with van der Waals surface area (Å²) in [6.45, 7) is 14.5. The molecule has 72 heavy (non-hydrogen) atoms. The van der Waals surface area contributed by atoms with Gasteiger partial charge in [0.1, 0.15) is 30.1 Å². The van der Waals surface area contributed by atoms with Crippen molar-refractivity contribution in [3.63, 3.8) is 0 Å². The summed E-state index contributed by atoms with van der Waals surface area (Å²) in [5, 5.41) is 22.7. The molecule has 408 valence electrons. The van der Waals surface area contributed by atoms with Crippen molar-refractivity contribution < 1.29 is 72.1 Å². The number of ether oxygens (including phenoxy) is 8. The molecule has 0 aromatic heterocycles. The number of fused-ring (bicyclic) bond motifs is 3. The van der Waals surface area contributed by atoms with Crippen LogP contribution in [0.25, 0.3) is 0 Å². The van der Waals surface area contributed by atoms with Gasteiger partial charge in [0, 0.05) is 65.6 Å². The number of carbonyl (C=O) groups excluding carboxylic acids is 5. The quantitative estimate of drug-likeness (QED) is 0.0837. The molecule has 4 rings (SSSR count). The van der Waals surface area contributed by atoms with Crippen molar-refractivity contribution >= 4 is 29.2 Å². The summed E-state index contributed by atoms with van der Waals surface area (Å²) in [7, 11) is 6.16. The minimum absolute atomic E-state index is 0.0344. The lowest BCUT2D eigenvalue weighted by molar-refractivity contribution is -0.266. The number of nitrogens with zero attached hydrogens (tertiary/aromatic N) is 1. The Labute approximate surface area is 429 Å². The first-order chi connectivity index (χ1) is 34.3. The van der Waals surface area contributed by atoms with Crippen molar-refractivity contribution in [2.24, 2.45) is 35.5 Å². The molecule has 3 aliphatic heterocycles. The number of Topliss-reactive ketones (excluding diaryl/α,β-unsaturated/α-hetero) is 3. The van der Waals surface area contributed by atoms with E-state index in [1.54, 1.807) is 41.1 Å². The van der Waals surface area contributed by atoms with E-state index in [2.05, 4.69) is 0 Å². The van der Waals surface area contributed by atoms with Gasteiger partial charge in [-0.1, -0.05) is 71.1 Å². The molecule has 3 heterocycles. The Morgan fingerprint density at radius 1 is 0.806 bits per heavy atom. The number of piperidine rings is 1. The van der Waals surface area contributed by atoms with E-state index in [-0.39, 0.29) is 73.8 Å². The van der Waals surface area contributed by atoms with Crippen molar-refractivity contribution in [3.05, 3.63) is 47.6 Å². The van der Waals surface area contributed by atoms with E-state index in [4.69, 9.17) is 37.9 Å². The van der Waals surface area contributed by atoms with Crippen LogP contribution in [0.2, 0.25) is 0 Å². The fourth-order valence-corrected chi connectivity index (χ4v) is 10.8. The van der Waals surface area contributed by atoms with Gasteiger partial charge in [0.25, 0.3) is 11.7 Å². The lowest BCUT2D eigenvalue weighted by Gasteiger charge is -2.43. The van der Waals surface area contributed by atoms with Crippen LogP contribution in [0.1, 0.15) is 126 Å². The molecule has 0 spiro atoms. The van der Waals surface area contributed by atoms with Crippen LogP contribution >= 0.6 is 0 Å². The molecular weight excluding hydrogens is 927 g/mol. The zero-order valence-corrected chi connectivity index (χ0v) is 45.2. The predicted molar refractivity (Wildman–Crippen MR) is 272 cm³/mol. The average molecular weight is 1020 g/mol. The lowest BCUT2D eigenvalue weighted by atomic mass is 9.78.